The first-order chi connectivity index (χ1) is 12.2. The van der Waals surface area contributed by atoms with E-state index in [2.05, 4.69) is 11.4 Å². The first kappa shape index (κ1) is 15.4. The fourth-order valence-corrected chi connectivity index (χ4v) is 3.18. The molecule has 4 rings (SSSR count). The normalized spacial score (nSPS) is 18.4. The Morgan fingerprint density at radius 3 is 2.96 bits per heavy atom. The maximum absolute atomic E-state index is 12.6. The van der Waals surface area contributed by atoms with Gasteiger partial charge in [-0.3, -0.25) is 9.79 Å². The number of amides is 1. The van der Waals surface area contributed by atoms with Crippen LogP contribution < -0.4 is 10.1 Å². The molecule has 2 N–H and O–H groups in total. The van der Waals surface area contributed by atoms with E-state index in [1.54, 1.807) is 18.2 Å². The largest absolute Gasteiger partial charge is 0.504 e. The Balaban J connectivity index is 1.72. The number of ether oxygens (including phenoxy) is 1. The monoisotopic (exact) mass is 334 g/mol. The third kappa shape index (κ3) is 2.78. The standard InChI is InChI=1S/C20H18N2O3/c1-2-25-18-11-14(7-8-17(18)23)19-21-16-10-13-6-4-3-5-12(13)9-15(16)20(24)22-19/h3-9,11,19,23H,2,10H2,1H3,(H,22,24)/t19-/m1/s1. The summed E-state index contributed by atoms with van der Waals surface area (Å²) in [6.45, 7) is 2.30. The van der Waals surface area contributed by atoms with Crippen molar-refractivity contribution in [3.8, 4) is 11.5 Å². The molecule has 0 aromatic heterocycles. The zero-order valence-electron chi connectivity index (χ0n) is 13.8. The molecule has 0 bridgehead atoms. The summed E-state index contributed by atoms with van der Waals surface area (Å²) < 4.78 is 5.43. The third-order valence-electron chi connectivity index (χ3n) is 4.42. The molecule has 1 aliphatic heterocycles. The summed E-state index contributed by atoms with van der Waals surface area (Å²) in [5.74, 6) is 0.341. The van der Waals surface area contributed by atoms with Crippen molar-refractivity contribution in [1.29, 1.82) is 0 Å². The first-order valence-corrected chi connectivity index (χ1v) is 8.29. The number of phenolic OH excluding ortho intramolecular Hbond substituents is 1. The van der Waals surface area contributed by atoms with E-state index in [-0.39, 0.29) is 11.7 Å². The number of phenols is 1. The van der Waals surface area contributed by atoms with Gasteiger partial charge in [0, 0.05) is 12.0 Å². The van der Waals surface area contributed by atoms with Crippen molar-refractivity contribution in [3.05, 3.63) is 64.7 Å². The van der Waals surface area contributed by atoms with Gasteiger partial charge in [-0.05, 0) is 36.3 Å². The molecule has 0 spiro atoms. The van der Waals surface area contributed by atoms with E-state index in [0.29, 0.717) is 24.4 Å². The summed E-state index contributed by atoms with van der Waals surface area (Å²) in [4.78, 5) is 17.3. The summed E-state index contributed by atoms with van der Waals surface area (Å²) in [5.41, 5.74) is 4.42. The lowest BCUT2D eigenvalue weighted by Crippen LogP contribution is -2.38. The van der Waals surface area contributed by atoms with Crippen LogP contribution in [-0.4, -0.2) is 23.3 Å². The van der Waals surface area contributed by atoms with Crippen LogP contribution in [0, 0.1) is 0 Å². The van der Waals surface area contributed by atoms with Crippen LogP contribution in [0.3, 0.4) is 0 Å². The van der Waals surface area contributed by atoms with Crippen LogP contribution in [0.2, 0.25) is 0 Å². The molecular weight excluding hydrogens is 316 g/mol. The molecule has 1 aliphatic carbocycles. The van der Waals surface area contributed by atoms with Crippen LogP contribution in [0.15, 0.2) is 53.0 Å². The van der Waals surface area contributed by atoms with E-state index < -0.39 is 6.17 Å². The van der Waals surface area contributed by atoms with E-state index in [1.807, 2.05) is 31.2 Å². The topological polar surface area (TPSA) is 70.9 Å². The van der Waals surface area contributed by atoms with Crippen LogP contribution >= 0.6 is 0 Å². The van der Waals surface area contributed by atoms with Gasteiger partial charge in [0.25, 0.3) is 5.91 Å². The van der Waals surface area contributed by atoms with E-state index in [1.165, 1.54) is 5.56 Å². The van der Waals surface area contributed by atoms with E-state index in [0.717, 1.165) is 16.8 Å². The molecule has 1 amide bonds. The average Bonchev–Trinajstić information content (AvgIpc) is 2.62. The molecule has 126 valence electrons. The molecule has 25 heavy (non-hydrogen) atoms. The highest BCUT2D eigenvalue weighted by Crippen LogP contribution is 2.33. The van der Waals surface area contributed by atoms with Gasteiger partial charge < -0.3 is 15.2 Å². The van der Waals surface area contributed by atoms with E-state index in [9.17, 15) is 9.90 Å². The number of rotatable bonds is 3. The minimum atomic E-state index is -0.482. The number of nitrogens with zero attached hydrogens (tertiary/aromatic N) is 1. The summed E-state index contributed by atoms with van der Waals surface area (Å²) in [6, 6.07) is 13.1. The number of nitrogens with one attached hydrogen (secondary N) is 1. The molecule has 2 aromatic carbocycles. The van der Waals surface area contributed by atoms with Crippen molar-refractivity contribution in [3.63, 3.8) is 0 Å². The van der Waals surface area contributed by atoms with Gasteiger partial charge in [0.1, 0.15) is 6.17 Å². The number of hydrogen-bond acceptors (Lipinski definition) is 4. The summed E-state index contributed by atoms with van der Waals surface area (Å²) in [5, 5.41) is 12.8. The number of carbonyl (C=O) groups is 1. The number of fused-ring (bicyclic) bond motifs is 2. The predicted octanol–water partition coefficient (Wildman–Crippen LogP) is 3.00. The Morgan fingerprint density at radius 1 is 1.28 bits per heavy atom. The minimum Gasteiger partial charge on any atom is -0.504 e. The molecule has 0 radical (unpaired) electrons. The Bertz CT molecular complexity index is 915. The molecule has 1 atom stereocenters. The van der Waals surface area contributed by atoms with Crippen LogP contribution in [0.25, 0.3) is 6.08 Å². The number of carbonyl (C=O) groups excluding carboxylic acids is 1. The van der Waals surface area contributed by atoms with E-state index in [4.69, 9.17) is 9.73 Å². The zero-order valence-corrected chi connectivity index (χ0v) is 13.8. The second-order valence-electron chi connectivity index (χ2n) is 6.05. The highest BCUT2D eigenvalue weighted by atomic mass is 16.5. The van der Waals surface area contributed by atoms with Gasteiger partial charge >= 0.3 is 0 Å². The second-order valence-corrected chi connectivity index (χ2v) is 6.05. The van der Waals surface area contributed by atoms with Gasteiger partial charge in [-0.1, -0.05) is 30.3 Å². The van der Waals surface area contributed by atoms with Crippen molar-refractivity contribution in [1.82, 2.24) is 5.32 Å². The fraction of sp³-hybridized carbons (Fsp3) is 0.200. The lowest BCUT2D eigenvalue weighted by molar-refractivity contribution is -0.117. The lowest BCUT2D eigenvalue weighted by Gasteiger charge is -2.27. The highest BCUT2D eigenvalue weighted by Gasteiger charge is 2.29. The SMILES string of the molecule is CCOc1cc([C@@H]2N=C3Cc4ccccc4C=C3C(=O)N2)ccc1O. The smallest absolute Gasteiger partial charge is 0.255 e. The molecule has 0 unspecified atom stereocenters. The Hall–Kier alpha value is -3.08. The van der Waals surface area contributed by atoms with Crippen molar-refractivity contribution >= 4 is 17.7 Å². The maximum Gasteiger partial charge on any atom is 0.255 e. The minimum absolute atomic E-state index is 0.0765. The first-order valence-electron chi connectivity index (χ1n) is 8.29. The Kier molecular flexibility index (Phi) is 3.76. The van der Waals surface area contributed by atoms with Gasteiger partial charge in [-0.15, -0.1) is 0 Å². The quantitative estimate of drug-likeness (QED) is 0.906. The van der Waals surface area contributed by atoms with Gasteiger partial charge in [-0.2, -0.15) is 0 Å². The summed E-state index contributed by atoms with van der Waals surface area (Å²) >= 11 is 0. The lowest BCUT2D eigenvalue weighted by atomic mass is 9.89. The predicted molar refractivity (Wildman–Crippen MR) is 95.7 cm³/mol. The van der Waals surface area contributed by atoms with Crippen LogP contribution in [0.1, 0.15) is 29.8 Å². The molecular formula is C20H18N2O3. The number of aliphatic imine (C=N–C) groups is 1. The summed E-state index contributed by atoms with van der Waals surface area (Å²) in [6.07, 6.45) is 2.05. The third-order valence-corrected chi connectivity index (χ3v) is 4.42. The van der Waals surface area contributed by atoms with Crippen molar-refractivity contribution < 1.29 is 14.6 Å². The number of aromatic hydroxyl groups is 1. The maximum atomic E-state index is 12.6. The van der Waals surface area contributed by atoms with Crippen LogP contribution in [0.4, 0.5) is 0 Å². The molecule has 2 aromatic rings. The Morgan fingerprint density at radius 2 is 2.12 bits per heavy atom. The van der Waals surface area contributed by atoms with Crippen LogP contribution in [-0.2, 0) is 11.2 Å². The molecule has 2 aliphatic rings. The van der Waals surface area contributed by atoms with Gasteiger partial charge in [0.2, 0.25) is 0 Å². The van der Waals surface area contributed by atoms with Crippen molar-refractivity contribution in [2.75, 3.05) is 6.61 Å². The fourth-order valence-electron chi connectivity index (χ4n) is 3.18. The molecule has 5 heteroatoms. The van der Waals surface area contributed by atoms with Gasteiger partial charge in [0.15, 0.2) is 11.5 Å². The second kappa shape index (κ2) is 6.09. The molecule has 0 saturated carbocycles. The highest BCUT2D eigenvalue weighted by molar-refractivity contribution is 6.27. The molecule has 0 saturated heterocycles. The Labute approximate surface area is 145 Å². The molecule has 0 fully saturated rings. The van der Waals surface area contributed by atoms with Gasteiger partial charge in [0.05, 0.1) is 17.9 Å². The van der Waals surface area contributed by atoms with Gasteiger partial charge in [-0.25, -0.2) is 0 Å². The zero-order chi connectivity index (χ0) is 17.4. The van der Waals surface area contributed by atoms with Crippen molar-refractivity contribution in [2.45, 2.75) is 19.5 Å². The van der Waals surface area contributed by atoms with Crippen molar-refractivity contribution in [2.24, 2.45) is 4.99 Å². The molecule has 5 nitrogen and oxygen atoms in total. The van der Waals surface area contributed by atoms with E-state index >= 15 is 0 Å². The van der Waals surface area contributed by atoms with Crippen LogP contribution in [0.5, 0.6) is 11.5 Å². The molecule has 1 heterocycles. The average molecular weight is 334 g/mol. The number of hydrogen-bond donors (Lipinski definition) is 2. The summed E-state index contributed by atoms with van der Waals surface area (Å²) in [7, 11) is 0. The number of benzene rings is 2.